The smallest absolute Gasteiger partial charge is 0.337 e. The zero-order valence-corrected chi connectivity index (χ0v) is 6.12. The van der Waals surface area contributed by atoms with Gasteiger partial charge in [-0.3, -0.25) is 4.98 Å². The van der Waals surface area contributed by atoms with E-state index in [1.807, 2.05) is 0 Å². The van der Waals surface area contributed by atoms with E-state index in [4.69, 9.17) is 10.8 Å². The zero-order chi connectivity index (χ0) is 9.14. The Labute approximate surface area is 67.8 Å². The molecule has 1 aromatic heterocycles. The molecule has 1 rings (SSSR count). The van der Waals surface area contributed by atoms with Crippen molar-refractivity contribution in [3.05, 3.63) is 29.3 Å². The average molecular weight is 170 g/mol. The maximum absolute atomic E-state index is 12.5. The minimum absolute atomic E-state index is 0.0120. The number of hydrogen-bond acceptors (Lipinski definition) is 3. The van der Waals surface area contributed by atoms with E-state index in [1.54, 1.807) is 0 Å². The number of rotatable bonds is 2. The van der Waals surface area contributed by atoms with Crippen LogP contribution in [0.25, 0.3) is 0 Å². The number of carbonyl (C=O) groups is 1. The molecule has 5 heteroatoms. The van der Waals surface area contributed by atoms with Gasteiger partial charge < -0.3 is 10.8 Å². The number of halogens is 1. The van der Waals surface area contributed by atoms with E-state index in [0.29, 0.717) is 0 Å². The number of aromatic carboxylic acids is 1. The second-order valence-electron chi connectivity index (χ2n) is 2.16. The minimum atomic E-state index is -1.22. The molecule has 0 atom stereocenters. The first kappa shape index (κ1) is 8.61. The highest BCUT2D eigenvalue weighted by Crippen LogP contribution is 2.06. The Balaban J connectivity index is 3.21. The van der Waals surface area contributed by atoms with E-state index >= 15 is 0 Å². The van der Waals surface area contributed by atoms with Crippen molar-refractivity contribution >= 4 is 5.97 Å². The number of nitrogens with zero attached hydrogens (tertiary/aromatic N) is 1. The Morgan fingerprint density at radius 2 is 2.42 bits per heavy atom. The molecule has 0 bridgehead atoms. The van der Waals surface area contributed by atoms with Gasteiger partial charge in [0.1, 0.15) is 5.82 Å². The molecule has 0 saturated carbocycles. The van der Waals surface area contributed by atoms with Crippen LogP contribution in [0.1, 0.15) is 16.1 Å². The Morgan fingerprint density at radius 3 is 2.92 bits per heavy atom. The van der Waals surface area contributed by atoms with Gasteiger partial charge in [-0.1, -0.05) is 0 Å². The van der Waals surface area contributed by atoms with Crippen molar-refractivity contribution in [2.24, 2.45) is 5.73 Å². The quantitative estimate of drug-likeness (QED) is 0.672. The van der Waals surface area contributed by atoms with E-state index in [0.717, 1.165) is 12.3 Å². The predicted molar refractivity (Wildman–Crippen MR) is 39.0 cm³/mol. The molecule has 0 fully saturated rings. The van der Waals surface area contributed by atoms with Crippen LogP contribution in [0.5, 0.6) is 0 Å². The molecule has 0 aliphatic carbocycles. The maximum atomic E-state index is 12.5. The van der Waals surface area contributed by atoms with E-state index < -0.39 is 11.8 Å². The van der Waals surface area contributed by atoms with Crippen LogP contribution < -0.4 is 5.73 Å². The lowest BCUT2D eigenvalue weighted by atomic mass is 10.2. The molecule has 1 aromatic rings. The predicted octanol–water partition coefficient (Wildman–Crippen LogP) is 0.378. The Kier molecular flexibility index (Phi) is 2.35. The van der Waals surface area contributed by atoms with Crippen molar-refractivity contribution in [2.45, 2.75) is 6.54 Å². The summed E-state index contributed by atoms with van der Waals surface area (Å²) < 4.78 is 12.5. The van der Waals surface area contributed by atoms with Gasteiger partial charge in [0.2, 0.25) is 0 Å². The molecule has 0 radical (unpaired) electrons. The number of carboxylic acids is 1. The second-order valence-corrected chi connectivity index (χ2v) is 2.16. The van der Waals surface area contributed by atoms with Gasteiger partial charge >= 0.3 is 5.97 Å². The van der Waals surface area contributed by atoms with Crippen molar-refractivity contribution in [3.63, 3.8) is 0 Å². The summed E-state index contributed by atoms with van der Waals surface area (Å²) in [5, 5.41) is 8.56. The van der Waals surface area contributed by atoms with Crippen LogP contribution in [0, 0.1) is 5.82 Å². The molecule has 0 saturated heterocycles. The summed E-state index contributed by atoms with van der Waals surface area (Å²) >= 11 is 0. The molecule has 0 unspecified atom stereocenters. The molecule has 4 nitrogen and oxygen atoms in total. The third kappa shape index (κ3) is 1.57. The van der Waals surface area contributed by atoms with Gasteiger partial charge in [-0.2, -0.15) is 0 Å². The Morgan fingerprint density at radius 1 is 1.75 bits per heavy atom. The van der Waals surface area contributed by atoms with Gasteiger partial charge in [-0.25, -0.2) is 9.18 Å². The van der Waals surface area contributed by atoms with Gasteiger partial charge in [0.25, 0.3) is 0 Å². The SMILES string of the molecule is NCc1ncc(F)cc1C(=O)O. The molecule has 0 aliphatic rings. The molecule has 3 N–H and O–H groups in total. The molecule has 64 valence electrons. The van der Waals surface area contributed by atoms with Gasteiger partial charge in [0.05, 0.1) is 17.5 Å². The Hall–Kier alpha value is -1.49. The van der Waals surface area contributed by atoms with Crippen LogP contribution in [0.15, 0.2) is 12.3 Å². The summed E-state index contributed by atoms with van der Waals surface area (Å²) in [5.41, 5.74) is 5.19. The van der Waals surface area contributed by atoms with Crippen LogP contribution in [-0.4, -0.2) is 16.1 Å². The summed E-state index contributed by atoms with van der Waals surface area (Å²) in [5.74, 6) is -1.90. The fourth-order valence-electron chi connectivity index (χ4n) is 0.815. The van der Waals surface area contributed by atoms with Crippen LogP contribution in [0.2, 0.25) is 0 Å². The number of aromatic nitrogens is 1. The molecule has 12 heavy (non-hydrogen) atoms. The summed E-state index contributed by atoms with van der Waals surface area (Å²) in [4.78, 5) is 14.0. The first-order valence-corrected chi connectivity index (χ1v) is 3.23. The van der Waals surface area contributed by atoms with Gasteiger partial charge in [0, 0.05) is 6.54 Å². The number of pyridine rings is 1. The largest absolute Gasteiger partial charge is 0.478 e. The highest BCUT2D eigenvalue weighted by molar-refractivity contribution is 5.88. The van der Waals surface area contributed by atoms with Crippen LogP contribution in [0.4, 0.5) is 4.39 Å². The zero-order valence-electron chi connectivity index (χ0n) is 6.12. The number of carboxylic acid groups (broad SMARTS) is 1. The molecule has 0 aromatic carbocycles. The van der Waals surface area contributed by atoms with Crippen LogP contribution in [0.3, 0.4) is 0 Å². The summed E-state index contributed by atoms with van der Waals surface area (Å²) in [6.45, 7) is -0.0120. The molecule has 1 heterocycles. The topological polar surface area (TPSA) is 76.2 Å². The number of nitrogens with two attached hydrogens (primary N) is 1. The first-order valence-electron chi connectivity index (χ1n) is 3.23. The maximum Gasteiger partial charge on any atom is 0.337 e. The van der Waals surface area contributed by atoms with Crippen molar-refractivity contribution in [2.75, 3.05) is 0 Å². The van der Waals surface area contributed by atoms with Gasteiger partial charge in [-0.15, -0.1) is 0 Å². The minimum Gasteiger partial charge on any atom is -0.478 e. The van der Waals surface area contributed by atoms with E-state index in [1.165, 1.54) is 0 Å². The van der Waals surface area contributed by atoms with Gasteiger partial charge in [-0.05, 0) is 6.07 Å². The van der Waals surface area contributed by atoms with Crippen LogP contribution in [-0.2, 0) is 6.54 Å². The molecule has 0 amide bonds. The van der Waals surface area contributed by atoms with Crippen molar-refractivity contribution in [1.82, 2.24) is 4.98 Å². The summed E-state index contributed by atoms with van der Waals surface area (Å²) in [6.07, 6.45) is 0.939. The van der Waals surface area contributed by atoms with Gasteiger partial charge in [0.15, 0.2) is 0 Å². The lowest BCUT2D eigenvalue weighted by Crippen LogP contribution is -2.09. The third-order valence-electron chi connectivity index (χ3n) is 1.36. The fraction of sp³-hybridized carbons (Fsp3) is 0.143. The van der Waals surface area contributed by atoms with E-state index in [9.17, 15) is 9.18 Å². The fourth-order valence-corrected chi connectivity index (χ4v) is 0.815. The lowest BCUT2D eigenvalue weighted by Gasteiger charge is -2.00. The summed E-state index contributed by atoms with van der Waals surface area (Å²) in [6, 6.07) is 0.900. The second kappa shape index (κ2) is 3.27. The average Bonchev–Trinajstić information content (AvgIpc) is 2.04. The highest BCUT2D eigenvalue weighted by atomic mass is 19.1. The van der Waals surface area contributed by atoms with Crippen molar-refractivity contribution < 1.29 is 14.3 Å². The normalized spacial score (nSPS) is 9.83. The molecular formula is C7H7FN2O2. The molecule has 0 spiro atoms. The molecule has 0 aliphatic heterocycles. The third-order valence-corrected chi connectivity index (χ3v) is 1.36. The van der Waals surface area contributed by atoms with Crippen molar-refractivity contribution in [3.8, 4) is 0 Å². The Bertz CT molecular complexity index is 314. The summed E-state index contributed by atoms with van der Waals surface area (Å²) in [7, 11) is 0. The van der Waals surface area contributed by atoms with Crippen LogP contribution >= 0.6 is 0 Å². The first-order chi connectivity index (χ1) is 5.65. The standard InChI is InChI=1S/C7H7FN2O2/c8-4-1-5(7(11)12)6(2-9)10-3-4/h1,3H,2,9H2,(H,11,12). The lowest BCUT2D eigenvalue weighted by molar-refractivity contribution is 0.0694. The molecular weight excluding hydrogens is 163 g/mol. The highest BCUT2D eigenvalue weighted by Gasteiger charge is 2.10. The van der Waals surface area contributed by atoms with E-state index in [-0.39, 0.29) is 17.8 Å². The van der Waals surface area contributed by atoms with E-state index in [2.05, 4.69) is 4.98 Å². The van der Waals surface area contributed by atoms with Crippen molar-refractivity contribution in [1.29, 1.82) is 0 Å². The number of hydrogen-bond donors (Lipinski definition) is 2. The monoisotopic (exact) mass is 170 g/mol.